The maximum atomic E-state index is 14.6. The molecule has 3 aromatic carbocycles. The highest BCUT2D eigenvalue weighted by atomic mass is 16.7. The summed E-state index contributed by atoms with van der Waals surface area (Å²) in [4.78, 5) is 43.8. The summed E-state index contributed by atoms with van der Waals surface area (Å²) in [6.45, 7) is 3.38. The Morgan fingerprint density at radius 2 is 1.74 bits per heavy atom. The minimum atomic E-state index is -1.10. The monoisotopic (exact) mass is 583 g/mol. The third-order valence-corrected chi connectivity index (χ3v) is 8.54. The van der Waals surface area contributed by atoms with Crippen LogP contribution in [0.3, 0.4) is 0 Å². The lowest BCUT2D eigenvalue weighted by Crippen LogP contribution is -2.48. The second-order valence-electron chi connectivity index (χ2n) is 11.4. The van der Waals surface area contributed by atoms with Gasteiger partial charge in [0, 0.05) is 29.5 Å². The predicted molar refractivity (Wildman–Crippen MR) is 151 cm³/mol. The van der Waals surface area contributed by atoms with Crippen molar-refractivity contribution in [2.24, 2.45) is 0 Å². The molecule has 4 aliphatic rings. The van der Waals surface area contributed by atoms with Crippen LogP contribution in [0.5, 0.6) is 11.5 Å². The zero-order chi connectivity index (χ0) is 30.2. The van der Waals surface area contributed by atoms with Crippen molar-refractivity contribution < 1.29 is 43.9 Å². The predicted octanol–water partition coefficient (Wildman–Crippen LogP) is 3.21. The molecule has 0 unspecified atom stereocenters. The van der Waals surface area contributed by atoms with E-state index in [4.69, 9.17) is 14.2 Å². The minimum Gasteiger partial charge on any atom is -0.507 e. The van der Waals surface area contributed by atoms with E-state index in [1.54, 1.807) is 30.9 Å². The Labute approximate surface area is 246 Å². The number of hydrogen-bond donors (Lipinski definition) is 3. The highest BCUT2D eigenvalue weighted by Crippen LogP contribution is 2.52. The van der Waals surface area contributed by atoms with Crippen LogP contribution in [0.2, 0.25) is 0 Å². The maximum absolute atomic E-state index is 14.6. The van der Waals surface area contributed by atoms with Crippen LogP contribution in [0.4, 0.5) is 0 Å². The van der Waals surface area contributed by atoms with Crippen molar-refractivity contribution in [3.63, 3.8) is 0 Å². The van der Waals surface area contributed by atoms with Gasteiger partial charge >= 0.3 is 5.97 Å². The van der Waals surface area contributed by atoms with Gasteiger partial charge in [0.2, 0.25) is 18.3 Å². The first-order valence-electron chi connectivity index (χ1n) is 14.2. The van der Waals surface area contributed by atoms with Crippen LogP contribution in [0, 0.1) is 6.92 Å². The fourth-order valence-corrected chi connectivity index (χ4v) is 6.54. The molecule has 0 bridgehead atoms. The van der Waals surface area contributed by atoms with Gasteiger partial charge in [-0.25, -0.2) is 4.79 Å². The molecular weight excluding hydrogens is 554 g/mol. The van der Waals surface area contributed by atoms with Gasteiger partial charge in [-0.05, 0) is 43.2 Å². The summed E-state index contributed by atoms with van der Waals surface area (Å²) in [6.07, 6.45) is -4.78. The number of aliphatic hydroxyl groups excluding tert-OH is 2. The Hall–Kier alpha value is -4.51. The lowest BCUT2D eigenvalue weighted by molar-refractivity contribution is -0.216. The van der Waals surface area contributed by atoms with E-state index in [1.165, 1.54) is 18.2 Å². The van der Waals surface area contributed by atoms with Crippen LogP contribution < -0.4 is 4.74 Å². The van der Waals surface area contributed by atoms with E-state index in [9.17, 15) is 29.7 Å². The Bertz CT molecular complexity index is 1700. The van der Waals surface area contributed by atoms with E-state index >= 15 is 0 Å². The summed E-state index contributed by atoms with van der Waals surface area (Å²) in [7, 11) is 0. The fourth-order valence-electron chi connectivity index (χ4n) is 6.54. The van der Waals surface area contributed by atoms with Gasteiger partial charge in [0.05, 0.1) is 23.3 Å². The van der Waals surface area contributed by atoms with Crippen LogP contribution in [0.15, 0.2) is 66.4 Å². The average Bonchev–Trinajstić information content (AvgIpc) is 3.30. The number of aliphatic hydroxyl groups is 2. The molecule has 10 heteroatoms. The zero-order valence-corrected chi connectivity index (χ0v) is 23.4. The van der Waals surface area contributed by atoms with Gasteiger partial charge in [0.25, 0.3) is 0 Å². The number of carbonyl (C=O) groups is 3. The van der Waals surface area contributed by atoms with Gasteiger partial charge in [-0.15, -0.1) is 0 Å². The number of aromatic hydroxyl groups is 1. The molecule has 10 nitrogen and oxygen atoms in total. The van der Waals surface area contributed by atoms with E-state index in [-0.39, 0.29) is 52.3 Å². The third-order valence-electron chi connectivity index (χ3n) is 8.54. The summed E-state index contributed by atoms with van der Waals surface area (Å²) < 4.78 is 17.6. The van der Waals surface area contributed by atoms with Crippen molar-refractivity contribution in [1.82, 2.24) is 4.90 Å². The normalized spacial score (nSPS) is 27.7. The molecule has 6 atom stereocenters. The Morgan fingerprint density at radius 1 is 0.977 bits per heavy atom. The van der Waals surface area contributed by atoms with Crippen LogP contribution in [0.1, 0.15) is 62.5 Å². The van der Waals surface area contributed by atoms with Crippen molar-refractivity contribution in [1.29, 1.82) is 0 Å². The Kier molecular flexibility index (Phi) is 6.39. The summed E-state index contributed by atoms with van der Waals surface area (Å²) in [5, 5.41) is 31.5. The largest absolute Gasteiger partial charge is 0.507 e. The molecule has 43 heavy (non-hydrogen) atoms. The van der Waals surface area contributed by atoms with Crippen molar-refractivity contribution in [2.75, 3.05) is 0 Å². The number of benzene rings is 3. The first-order chi connectivity index (χ1) is 20.6. The number of Topliss-reactive ketones (excluding diaryl/α,β-unsaturated/α-hetero) is 2. The number of carbonyl (C=O) groups excluding carboxylic acids is 3. The maximum Gasteiger partial charge on any atom is 0.331 e. The quantitative estimate of drug-likeness (QED) is 0.392. The number of allylic oxidation sites excluding steroid dienone is 2. The number of aryl methyl sites for hydroxylation is 1. The topological polar surface area (TPSA) is 143 Å². The zero-order valence-electron chi connectivity index (χ0n) is 23.4. The number of ketones is 2. The molecule has 2 saturated heterocycles. The van der Waals surface area contributed by atoms with Crippen LogP contribution in [-0.2, 0) is 20.7 Å². The van der Waals surface area contributed by atoms with Gasteiger partial charge in [-0.2, -0.15) is 0 Å². The smallest absolute Gasteiger partial charge is 0.331 e. The molecule has 3 N–H and O–H groups in total. The van der Waals surface area contributed by atoms with Gasteiger partial charge < -0.3 is 34.4 Å². The van der Waals surface area contributed by atoms with Crippen LogP contribution in [-0.4, -0.2) is 68.4 Å². The first kappa shape index (κ1) is 27.3. The Balaban J connectivity index is 1.37. The standard InChI is InChI=1S/C33H29NO9/c1-15-11-19-25(21(35)12-15)27-28(34-20(33(40)43-32(19)34)13-17-7-4-3-5-8-17)31(39)26-18(30(27)38)9-6-10-23(26)42-24-14-22(36)29(37)16(2)41-24/h3-12,16,20,22,24,29,32,35-37H,13-14H2,1-2H3/t16-,20-,22+,24-,29-,32+/m0/s1. The molecule has 0 amide bonds. The number of phenolic OH excluding ortho intramolecular Hbond substituents is 1. The van der Waals surface area contributed by atoms with Gasteiger partial charge in [-0.1, -0.05) is 42.5 Å². The number of hydrogen-bond acceptors (Lipinski definition) is 10. The van der Waals surface area contributed by atoms with E-state index in [2.05, 4.69) is 0 Å². The van der Waals surface area contributed by atoms with Gasteiger partial charge in [0.1, 0.15) is 29.3 Å². The molecule has 220 valence electrons. The molecule has 3 aromatic rings. The van der Waals surface area contributed by atoms with E-state index < -0.39 is 54.4 Å². The van der Waals surface area contributed by atoms with E-state index in [0.717, 1.165) is 5.56 Å². The number of rotatable bonds is 4. The van der Waals surface area contributed by atoms with Gasteiger partial charge in [-0.3, -0.25) is 9.59 Å². The molecule has 0 spiro atoms. The summed E-state index contributed by atoms with van der Waals surface area (Å²) in [5.74, 6) is -1.78. The second-order valence-corrected chi connectivity index (χ2v) is 11.4. The number of nitrogens with zero attached hydrogens (tertiary/aromatic N) is 1. The minimum absolute atomic E-state index is 0.00385. The molecule has 0 aromatic heterocycles. The van der Waals surface area contributed by atoms with Gasteiger partial charge in [0.15, 0.2) is 5.78 Å². The number of ether oxygens (including phenoxy) is 3. The molecular formula is C33H29NO9. The number of esters is 1. The summed E-state index contributed by atoms with van der Waals surface area (Å²) >= 11 is 0. The van der Waals surface area contributed by atoms with Crippen molar-refractivity contribution >= 4 is 23.1 Å². The molecule has 7 rings (SSSR count). The number of phenols is 1. The molecule has 0 radical (unpaired) electrons. The lowest BCUT2D eigenvalue weighted by Gasteiger charge is -2.39. The summed E-state index contributed by atoms with van der Waals surface area (Å²) in [6, 6.07) is 16.3. The molecule has 3 aliphatic heterocycles. The van der Waals surface area contributed by atoms with Crippen molar-refractivity contribution in [3.8, 4) is 11.5 Å². The number of fused-ring (bicyclic) bond motifs is 6. The highest BCUT2D eigenvalue weighted by Gasteiger charge is 2.54. The lowest BCUT2D eigenvalue weighted by atomic mass is 9.78. The van der Waals surface area contributed by atoms with E-state index in [1.807, 2.05) is 30.3 Å². The fraction of sp³-hybridized carbons (Fsp3) is 0.303. The molecule has 2 fully saturated rings. The first-order valence-corrected chi connectivity index (χ1v) is 14.2. The highest BCUT2D eigenvalue weighted by molar-refractivity contribution is 6.41. The SMILES string of the molecule is Cc1cc(O)c2c(c1)[C@H]1OC(=O)[C@H](Cc3ccccc3)N1C1=C2C(=O)c2cccc(O[C@H]3C[C@@H](O)[C@@H](O)[C@H](C)O3)c2C1=O. The molecule has 3 heterocycles. The van der Waals surface area contributed by atoms with E-state index in [0.29, 0.717) is 11.1 Å². The molecule has 1 aliphatic carbocycles. The average molecular weight is 584 g/mol. The summed E-state index contributed by atoms with van der Waals surface area (Å²) in [5.41, 5.74) is 2.12. The van der Waals surface area contributed by atoms with Crippen molar-refractivity contribution in [2.45, 2.75) is 63.6 Å². The Morgan fingerprint density at radius 3 is 2.49 bits per heavy atom. The molecule has 0 saturated carbocycles. The van der Waals surface area contributed by atoms with Crippen LogP contribution in [0.25, 0.3) is 5.57 Å². The third kappa shape index (κ3) is 4.24. The van der Waals surface area contributed by atoms with Crippen molar-refractivity contribution in [3.05, 3.63) is 99.7 Å². The second kappa shape index (κ2) is 10.0. The van der Waals surface area contributed by atoms with Crippen LogP contribution >= 0.6 is 0 Å².